The Kier molecular flexibility index (Phi) is 2.38. The Labute approximate surface area is 80.1 Å². The molecule has 2 aliphatic heterocycles. The van der Waals surface area contributed by atoms with E-state index in [2.05, 4.69) is 24.2 Å². The van der Waals surface area contributed by atoms with E-state index in [0.29, 0.717) is 0 Å². The summed E-state index contributed by atoms with van der Waals surface area (Å²) in [4.78, 5) is 4.43. The Hall–Kier alpha value is -0.790. The van der Waals surface area contributed by atoms with E-state index in [9.17, 15) is 0 Å². The van der Waals surface area contributed by atoms with E-state index in [4.69, 9.17) is 0 Å². The molecular formula is C11H18N2. The molecule has 0 spiro atoms. The molecule has 2 heteroatoms. The van der Waals surface area contributed by atoms with Crippen LogP contribution in [0.3, 0.4) is 0 Å². The van der Waals surface area contributed by atoms with Gasteiger partial charge in [-0.15, -0.1) is 0 Å². The number of allylic oxidation sites excluding steroid dienone is 1. The van der Waals surface area contributed by atoms with Crippen molar-refractivity contribution in [2.24, 2.45) is 16.8 Å². The van der Waals surface area contributed by atoms with Gasteiger partial charge in [0.15, 0.2) is 0 Å². The van der Waals surface area contributed by atoms with Crippen molar-refractivity contribution in [3.63, 3.8) is 0 Å². The van der Waals surface area contributed by atoms with E-state index in [1.165, 1.54) is 18.7 Å². The molecule has 13 heavy (non-hydrogen) atoms. The van der Waals surface area contributed by atoms with Crippen molar-refractivity contribution in [3.8, 4) is 0 Å². The van der Waals surface area contributed by atoms with Crippen molar-refractivity contribution < 1.29 is 0 Å². The smallest absolute Gasteiger partial charge is 0.124 e. The van der Waals surface area contributed by atoms with Crippen LogP contribution in [-0.2, 0) is 0 Å². The highest BCUT2D eigenvalue weighted by Gasteiger charge is 2.25. The quantitative estimate of drug-likeness (QED) is 0.654. The molecule has 0 aliphatic carbocycles. The van der Waals surface area contributed by atoms with E-state index in [0.717, 1.165) is 24.8 Å². The second kappa shape index (κ2) is 3.52. The van der Waals surface area contributed by atoms with Crippen LogP contribution in [0.4, 0.5) is 0 Å². The first-order valence-corrected chi connectivity index (χ1v) is 5.28. The predicted octanol–water partition coefficient (Wildman–Crippen LogP) is 2.33. The highest BCUT2D eigenvalue weighted by molar-refractivity contribution is 5.61. The molecule has 0 saturated carbocycles. The van der Waals surface area contributed by atoms with Gasteiger partial charge in [-0.1, -0.05) is 13.8 Å². The van der Waals surface area contributed by atoms with Crippen LogP contribution >= 0.6 is 0 Å². The average Bonchev–Trinajstić information content (AvgIpc) is 2.17. The molecule has 0 amide bonds. The van der Waals surface area contributed by atoms with Crippen molar-refractivity contribution in [2.45, 2.75) is 33.1 Å². The summed E-state index contributed by atoms with van der Waals surface area (Å²) in [5.74, 6) is 2.71. The first kappa shape index (κ1) is 8.79. The van der Waals surface area contributed by atoms with Crippen molar-refractivity contribution in [1.82, 2.24) is 5.32 Å². The van der Waals surface area contributed by atoms with E-state index < -0.39 is 0 Å². The fourth-order valence-corrected chi connectivity index (χ4v) is 2.35. The average molecular weight is 178 g/mol. The summed E-state index contributed by atoms with van der Waals surface area (Å²) in [7, 11) is 0. The summed E-state index contributed by atoms with van der Waals surface area (Å²) >= 11 is 0. The zero-order valence-corrected chi connectivity index (χ0v) is 8.51. The SMILES string of the molecule is CC(C)C1CCNC2=C1CCC=N2. The van der Waals surface area contributed by atoms with Gasteiger partial charge in [0, 0.05) is 12.8 Å². The van der Waals surface area contributed by atoms with E-state index >= 15 is 0 Å². The lowest BCUT2D eigenvalue weighted by atomic mass is 9.81. The van der Waals surface area contributed by atoms with Crippen LogP contribution < -0.4 is 5.32 Å². The van der Waals surface area contributed by atoms with Gasteiger partial charge in [-0.3, -0.25) is 0 Å². The van der Waals surface area contributed by atoms with E-state index in [-0.39, 0.29) is 0 Å². The summed E-state index contributed by atoms with van der Waals surface area (Å²) in [5.41, 5.74) is 1.57. The van der Waals surface area contributed by atoms with Crippen LogP contribution in [0.15, 0.2) is 16.4 Å². The maximum absolute atomic E-state index is 4.43. The van der Waals surface area contributed by atoms with E-state index in [1.807, 2.05) is 6.21 Å². The lowest BCUT2D eigenvalue weighted by molar-refractivity contribution is 0.373. The standard InChI is InChI=1S/C11H18N2/c1-8(2)9-5-7-13-11-10(9)4-3-6-12-11/h6,8-9,13H,3-5,7H2,1-2H3. The molecule has 1 atom stereocenters. The van der Waals surface area contributed by atoms with Gasteiger partial charge in [0.2, 0.25) is 0 Å². The predicted molar refractivity (Wildman–Crippen MR) is 55.7 cm³/mol. The van der Waals surface area contributed by atoms with Gasteiger partial charge in [0.05, 0.1) is 0 Å². The van der Waals surface area contributed by atoms with Crippen LogP contribution in [0.5, 0.6) is 0 Å². The minimum atomic E-state index is 0.764. The zero-order valence-electron chi connectivity index (χ0n) is 8.51. The fourth-order valence-electron chi connectivity index (χ4n) is 2.35. The first-order chi connectivity index (χ1) is 6.29. The normalized spacial score (nSPS) is 27.5. The lowest BCUT2D eigenvalue weighted by Crippen LogP contribution is -2.30. The molecule has 0 aromatic rings. The lowest BCUT2D eigenvalue weighted by Gasteiger charge is -2.32. The number of nitrogens with zero attached hydrogens (tertiary/aromatic N) is 1. The third kappa shape index (κ3) is 1.62. The highest BCUT2D eigenvalue weighted by atomic mass is 15.0. The van der Waals surface area contributed by atoms with Crippen LogP contribution in [0.2, 0.25) is 0 Å². The van der Waals surface area contributed by atoms with Crippen LogP contribution in [0.1, 0.15) is 33.1 Å². The molecule has 1 unspecified atom stereocenters. The number of hydrogen-bond acceptors (Lipinski definition) is 2. The molecule has 2 rings (SSSR count). The van der Waals surface area contributed by atoms with Gasteiger partial charge in [-0.2, -0.15) is 0 Å². The molecular weight excluding hydrogens is 160 g/mol. The maximum Gasteiger partial charge on any atom is 0.124 e. The monoisotopic (exact) mass is 178 g/mol. The molecule has 0 radical (unpaired) electrons. The number of aliphatic imine (C=N–C) groups is 1. The molecule has 2 nitrogen and oxygen atoms in total. The Morgan fingerprint density at radius 1 is 1.54 bits per heavy atom. The highest BCUT2D eigenvalue weighted by Crippen LogP contribution is 2.33. The summed E-state index contributed by atoms with van der Waals surface area (Å²) in [6, 6.07) is 0. The van der Waals surface area contributed by atoms with Crippen LogP contribution in [-0.4, -0.2) is 12.8 Å². The largest absolute Gasteiger partial charge is 0.370 e. The van der Waals surface area contributed by atoms with Gasteiger partial charge in [-0.05, 0) is 36.7 Å². The molecule has 0 fully saturated rings. The Balaban J connectivity index is 2.25. The minimum Gasteiger partial charge on any atom is -0.370 e. The fraction of sp³-hybridized carbons (Fsp3) is 0.727. The topological polar surface area (TPSA) is 24.4 Å². The van der Waals surface area contributed by atoms with Crippen LogP contribution in [0, 0.1) is 11.8 Å². The van der Waals surface area contributed by atoms with Gasteiger partial charge in [0.25, 0.3) is 0 Å². The molecule has 0 aromatic carbocycles. The van der Waals surface area contributed by atoms with Gasteiger partial charge in [-0.25, -0.2) is 4.99 Å². The summed E-state index contributed by atoms with van der Waals surface area (Å²) in [5, 5.41) is 3.39. The molecule has 2 heterocycles. The molecule has 1 N–H and O–H groups in total. The Morgan fingerprint density at radius 2 is 2.38 bits per heavy atom. The Bertz CT molecular complexity index is 251. The van der Waals surface area contributed by atoms with Crippen LogP contribution in [0.25, 0.3) is 0 Å². The second-order valence-electron chi connectivity index (χ2n) is 4.29. The third-order valence-electron chi connectivity index (χ3n) is 3.07. The third-order valence-corrected chi connectivity index (χ3v) is 3.07. The van der Waals surface area contributed by atoms with Crippen molar-refractivity contribution in [1.29, 1.82) is 0 Å². The Morgan fingerprint density at radius 3 is 3.15 bits per heavy atom. The van der Waals surface area contributed by atoms with Crippen molar-refractivity contribution in [3.05, 3.63) is 11.4 Å². The molecule has 0 bridgehead atoms. The molecule has 72 valence electrons. The maximum atomic E-state index is 4.43. The number of hydrogen-bond donors (Lipinski definition) is 1. The van der Waals surface area contributed by atoms with Crippen molar-refractivity contribution >= 4 is 6.21 Å². The second-order valence-corrected chi connectivity index (χ2v) is 4.29. The summed E-state index contributed by atoms with van der Waals surface area (Å²) in [6.45, 7) is 5.73. The van der Waals surface area contributed by atoms with Gasteiger partial charge in [0.1, 0.15) is 5.82 Å². The van der Waals surface area contributed by atoms with Crippen molar-refractivity contribution in [2.75, 3.05) is 6.54 Å². The molecule has 0 aromatic heterocycles. The molecule has 0 saturated heterocycles. The van der Waals surface area contributed by atoms with E-state index in [1.54, 1.807) is 5.57 Å². The first-order valence-electron chi connectivity index (χ1n) is 5.28. The zero-order chi connectivity index (χ0) is 9.26. The van der Waals surface area contributed by atoms with Gasteiger partial charge < -0.3 is 5.32 Å². The summed E-state index contributed by atoms with van der Waals surface area (Å²) < 4.78 is 0. The minimum absolute atomic E-state index is 0.764. The molecule has 2 aliphatic rings. The number of rotatable bonds is 1. The number of nitrogens with one attached hydrogen (secondary N) is 1. The summed E-state index contributed by atoms with van der Waals surface area (Å²) in [6.07, 6.45) is 5.67. The van der Waals surface area contributed by atoms with Gasteiger partial charge >= 0.3 is 0 Å².